The molecule has 1 saturated heterocycles. The van der Waals surface area contributed by atoms with Crippen LogP contribution in [0.3, 0.4) is 0 Å². The third kappa shape index (κ3) is 4.50. The minimum atomic E-state index is -0.340. The largest absolute Gasteiger partial charge is 0.462 e. The molecule has 7 heteroatoms. The van der Waals surface area contributed by atoms with E-state index in [1.165, 1.54) is 11.3 Å². The molecule has 1 aliphatic rings. The van der Waals surface area contributed by atoms with Crippen LogP contribution in [0.15, 0.2) is 18.5 Å². The van der Waals surface area contributed by atoms with Crippen molar-refractivity contribution in [1.29, 1.82) is 0 Å². The molecule has 1 fully saturated rings. The molecule has 27 heavy (non-hydrogen) atoms. The van der Waals surface area contributed by atoms with Crippen molar-refractivity contribution in [2.45, 2.75) is 52.6 Å². The van der Waals surface area contributed by atoms with Crippen LogP contribution in [0.25, 0.3) is 0 Å². The highest BCUT2D eigenvalue weighted by Gasteiger charge is 2.27. The summed E-state index contributed by atoms with van der Waals surface area (Å²) in [6.45, 7) is 10.1. The standard InChI is InChI=1S/C20H27ClN4O2/c1-4-25-14(3)16(11-23-25)13-24-8-6-15(7-9-24)19-18(20(26)27-5-2)10-17(21)12-22-19/h10-12,15H,4-9,13H2,1-3H3. The molecule has 0 N–H and O–H groups in total. The van der Waals surface area contributed by atoms with Gasteiger partial charge in [-0.25, -0.2) is 4.79 Å². The van der Waals surface area contributed by atoms with Crippen molar-refractivity contribution in [3.8, 4) is 0 Å². The molecule has 0 aliphatic carbocycles. The number of aryl methyl sites for hydroxylation is 1. The second-order valence-corrected chi connectivity index (χ2v) is 7.36. The van der Waals surface area contributed by atoms with Gasteiger partial charge in [-0.3, -0.25) is 14.6 Å². The van der Waals surface area contributed by atoms with Crippen LogP contribution >= 0.6 is 11.6 Å². The smallest absolute Gasteiger partial charge is 0.340 e. The monoisotopic (exact) mass is 390 g/mol. The van der Waals surface area contributed by atoms with E-state index in [4.69, 9.17) is 16.3 Å². The highest BCUT2D eigenvalue weighted by atomic mass is 35.5. The van der Waals surface area contributed by atoms with Crippen molar-refractivity contribution < 1.29 is 9.53 Å². The molecule has 3 rings (SSSR count). The zero-order valence-electron chi connectivity index (χ0n) is 16.2. The summed E-state index contributed by atoms with van der Waals surface area (Å²) in [5.41, 5.74) is 3.84. The maximum absolute atomic E-state index is 12.3. The molecule has 3 heterocycles. The second-order valence-electron chi connectivity index (χ2n) is 6.93. The fourth-order valence-electron chi connectivity index (χ4n) is 3.71. The number of hydrogen-bond donors (Lipinski definition) is 0. The van der Waals surface area contributed by atoms with E-state index in [2.05, 4.69) is 28.8 Å². The Morgan fingerprint density at radius 2 is 2.04 bits per heavy atom. The number of ether oxygens (including phenoxy) is 1. The maximum atomic E-state index is 12.3. The Labute approximate surface area is 165 Å². The number of halogens is 1. The number of carbonyl (C=O) groups is 1. The summed E-state index contributed by atoms with van der Waals surface area (Å²) < 4.78 is 7.22. The van der Waals surface area contributed by atoms with Gasteiger partial charge in [-0.05, 0) is 52.8 Å². The number of hydrogen-bond acceptors (Lipinski definition) is 5. The number of pyridine rings is 1. The first-order chi connectivity index (χ1) is 13.0. The summed E-state index contributed by atoms with van der Waals surface area (Å²) in [5, 5.41) is 4.90. The first kappa shape index (κ1) is 19.8. The van der Waals surface area contributed by atoms with E-state index in [-0.39, 0.29) is 11.9 Å². The van der Waals surface area contributed by atoms with Gasteiger partial charge in [0, 0.05) is 36.5 Å². The highest BCUT2D eigenvalue weighted by Crippen LogP contribution is 2.31. The van der Waals surface area contributed by atoms with Gasteiger partial charge in [-0.15, -0.1) is 0 Å². The fraction of sp³-hybridized carbons (Fsp3) is 0.550. The molecule has 146 valence electrons. The third-order valence-corrected chi connectivity index (χ3v) is 5.46. The van der Waals surface area contributed by atoms with E-state index in [1.807, 2.05) is 10.9 Å². The van der Waals surface area contributed by atoms with Crippen molar-refractivity contribution >= 4 is 17.6 Å². The van der Waals surface area contributed by atoms with Gasteiger partial charge in [0.15, 0.2) is 0 Å². The molecule has 0 aromatic carbocycles. The van der Waals surface area contributed by atoms with E-state index in [9.17, 15) is 4.79 Å². The SMILES string of the molecule is CCOC(=O)c1cc(Cl)cnc1C1CCN(Cc2cnn(CC)c2C)CC1. The van der Waals surface area contributed by atoms with Crippen molar-refractivity contribution in [3.05, 3.63) is 46.0 Å². The molecule has 0 unspecified atom stereocenters. The lowest BCUT2D eigenvalue weighted by Gasteiger charge is -2.32. The third-order valence-electron chi connectivity index (χ3n) is 5.25. The van der Waals surface area contributed by atoms with Crippen LogP contribution in [-0.2, 0) is 17.8 Å². The molecule has 6 nitrogen and oxygen atoms in total. The molecule has 0 atom stereocenters. The fourth-order valence-corrected chi connectivity index (χ4v) is 3.87. The molecular weight excluding hydrogens is 364 g/mol. The minimum absolute atomic E-state index is 0.248. The van der Waals surface area contributed by atoms with Crippen LogP contribution in [0, 0.1) is 6.92 Å². The van der Waals surface area contributed by atoms with E-state index in [0.717, 1.165) is 44.7 Å². The minimum Gasteiger partial charge on any atom is -0.462 e. The number of likely N-dealkylation sites (tertiary alicyclic amines) is 1. The number of piperidine rings is 1. The zero-order valence-corrected chi connectivity index (χ0v) is 17.0. The van der Waals surface area contributed by atoms with Crippen LogP contribution in [-0.4, -0.2) is 45.3 Å². The van der Waals surface area contributed by atoms with Gasteiger partial charge in [0.25, 0.3) is 0 Å². The lowest BCUT2D eigenvalue weighted by molar-refractivity contribution is 0.0523. The summed E-state index contributed by atoms with van der Waals surface area (Å²) in [5.74, 6) is -0.0927. The average molecular weight is 391 g/mol. The number of nitrogens with zero attached hydrogens (tertiary/aromatic N) is 4. The summed E-state index contributed by atoms with van der Waals surface area (Å²) in [6, 6.07) is 1.68. The Balaban J connectivity index is 1.67. The van der Waals surface area contributed by atoms with Gasteiger partial charge in [0.05, 0.1) is 29.1 Å². The van der Waals surface area contributed by atoms with E-state index in [0.29, 0.717) is 17.2 Å². The summed E-state index contributed by atoms with van der Waals surface area (Å²) >= 11 is 6.06. The van der Waals surface area contributed by atoms with Crippen molar-refractivity contribution in [2.75, 3.05) is 19.7 Å². The van der Waals surface area contributed by atoms with Gasteiger partial charge in [0.2, 0.25) is 0 Å². The Kier molecular flexibility index (Phi) is 6.50. The van der Waals surface area contributed by atoms with Gasteiger partial charge in [-0.1, -0.05) is 11.6 Å². The molecule has 0 saturated carbocycles. The maximum Gasteiger partial charge on any atom is 0.340 e. The molecule has 0 radical (unpaired) electrons. The first-order valence-corrected chi connectivity index (χ1v) is 9.97. The molecule has 0 bridgehead atoms. The van der Waals surface area contributed by atoms with Crippen LogP contribution in [0.2, 0.25) is 5.02 Å². The van der Waals surface area contributed by atoms with Gasteiger partial charge in [0.1, 0.15) is 0 Å². The molecule has 2 aromatic heterocycles. The number of esters is 1. The van der Waals surface area contributed by atoms with Crippen LogP contribution in [0.1, 0.15) is 59.9 Å². The number of carbonyl (C=O) groups excluding carboxylic acids is 1. The van der Waals surface area contributed by atoms with Gasteiger partial charge in [-0.2, -0.15) is 5.10 Å². The van der Waals surface area contributed by atoms with Crippen LogP contribution in [0.5, 0.6) is 0 Å². The topological polar surface area (TPSA) is 60.2 Å². The van der Waals surface area contributed by atoms with Crippen molar-refractivity contribution in [2.24, 2.45) is 0 Å². The lowest BCUT2D eigenvalue weighted by atomic mass is 9.90. The molecule has 2 aromatic rings. The highest BCUT2D eigenvalue weighted by molar-refractivity contribution is 6.30. The Hall–Kier alpha value is -1.92. The van der Waals surface area contributed by atoms with Crippen molar-refractivity contribution in [3.63, 3.8) is 0 Å². The normalized spacial score (nSPS) is 15.9. The Bertz CT molecular complexity index is 797. The second kappa shape index (κ2) is 8.85. The first-order valence-electron chi connectivity index (χ1n) is 9.59. The lowest BCUT2D eigenvalue weighted by Crippen LogP contribution is -2.33. The van der Waals surface area contributed by atoms with E-state index in [1.54, 1.807) is 19.2 Å². The van der Waals surface area contributed by atoms with Crippen molar-refractivity contribution in [1.82, 2.24) is 19.7 Å². The average Bonchev–Trinajstić information content (AvgIpc) is 3.02. The zero-order chi connectivity index (χ0) is 19.4. The number of aromatic nitrogens is 3. The molecule has 1 aliphatic heterocycles. The molecule has 0 amide bonds. The Morgan fingerprint density at radius 1 is 1.30 bits per heavy atom. The van der Waals surface area contributed by atoms with E-state index < -0.39 is 0 Å². The summed E-state index contributed by atoms with van der Waals surface area (Å²) in [7, 11) is 0. The van der Waals surface area contributed by atoms with E-state index >= 15 is 0 Å². The Morgan fingerprint density at radius 3 is 2.67 bits per heavy atom. The molecule has 0 spiro atoms. The summed E-state index contributed by atoms with van der Waals surface area (Å²) in [4.78, 5) is 19.2. The summed E-state index contributed by atoms with van der Waals surface area (Å²) in [6.07, 6.45) is 5.52. The quantitative estimate of drug-likeness (QED) is 0.702. The number of rotatable bonds is 6. The van der Waals surface area contributed by atoms with Gasteiger partial charge < -0.3 is 4.74 Å². The molecular formula is C20H27ClN4O2. The van der Waals surface area contributed by atoms with Gasteiger partial charge >= 0.3 is 5.97 Å². The van der Waals surface area contributed by atoms with Crippen LogP contribution < -0.4 is 0 Å². The predicted octanol–water partition coefficient (Wildman–Crippen LogP) is 3.82. The predicted molar refractivity (Wildman–Crippen MR) is 105 cm³/mol. The van der Waals surface area contributed by atoms with Crippen LogP contribution in [0.4, 0.5) is 0 Å².